The minimum Gasteiger partial charge on any atom is -0.396 e. The van der Waals surface area contributed by atoms with Gasteiger partial charge in [0.1, 0.15) is 0 Å². The highest BCUT2D eigenvalue weighted by Gasteiger charge is 2.09. The Kier molecular flexibility index (Phi) is 7.43. The Labute approximate surface area is 167 Å². The van der Waals surface area contributed by atoms with Crippen LogP contribution < -0.4 is 16.4 Å². The number of nitrogens with one attached hydrogen (secondary N) is 2. The van der Waals surface area contributed by atoms with Crippen LogP contribution in [-0.2, 0) is 9.59 Å². The van der Waals surface area contributed by atoms with Crippen LogP contribution in [0.3, 0.4) is 0 Å². The normalized spacial score (nSPS) is 10.4. The maximum Gasteiger partial charge on any atom is 0.234 e. The molecule has 0 radical (unpaired) electrons. The van der Waals surface area contributed by atoms with Crippen molar-refractivity contribution in [3.8, 4) is 0 Å². The first-order valence-corrected chi connectivity index (χ1v) is 9.73. The van der Waals surface area contributed by atoms with Crippen molar-refractivity contribution in [2.24, 2.45) is 0 Å². The summed E-state index contributed by atoms with van der Waals surface area (Å²) >= 11 is 16.4. The summed E-state index contributed by atoms with van der Waals surface area (Å²) in [4.78, 5) is 23.8. The van der Waals surface area contributed by atoms with Gasteiger partial charge in [-0.2, -0.15) is 0 Å². The number of hydrogen-bond acceptors (Lipinski definition) is 4. The molecule has 0 aromatic heterocycles. The average Bonchev–Trinajstić information content (AvgIpc) is 2.52. The van der Waals surface area contributed by atoms with E-state index in [2.05, 4.69) is 26.6 Å². The summed E-state index contributed by atoms with van der Waals surface area (Å²) in [5.41, 5.74) is 7.05. The van der Waals surface area contributed by atoms with E-state index in [1.165, 1.54) is 23.9 Å². The maximum absolute atomic E-state index is 11.9. The molecule has 0 spiro atoms. The quantitative estimate of drug-likeness (QED) is 0.545. The summed E-state index contributed by atoms with van der Waals surface area (Å²) in [7, 11) is 0. The number of halogens is 3. The van der Waals surface area contributed by atoms with Crippen molar-refractivity contribution in [3.63, 3.8) is 0 Å². The Morgan fingerprint density at radius 1 is 1.00 bits per heavy atom. The molecule has 2 amide bonds. The lowest BCUT2D eigenvalue weighted by atomic mass is 10.3. The predicted octanol–water partition coefficient (Wildman–Crippen LogP) is 4.65. The van der Waals surface area contributed by atoms with Gasteiger partial charge in [-0.15, -0.1) is 11.8 Å². The molecule has 132 valence electrons. The summed E-state index contributed by atoms with van der Waals surface area (Å²) in [6, 6.07) is 10.3. The lowest BCUT2D eigenvalue weighted by molar-refractivity contribution is -0.114. The highest BCUT2D eigenvalue weighted by atomic mass is 79.9. The molecule has 0 saturated carbocycles. The van der Waals surface area contributed by atoms with Crippen molar-refractivity contribution in [1.29, 1.82) is 0 Å². The molecule has 0 aliphatic rings. The van der Waals surface area contributed by atoms with E-state index >= 15 is 0 Å². The average molecular weight is 463 g/mol. The van der Waals surface area contributed by atoms with Gasteiger partial charge in [-0.1, -0.05) is 45.2 Å². The van der Waals surface area contributed by atoms with E-state index in [1.54, 1.807) is 12.1 Å². The number of hydrogen-bond donors (Lipinski definition) is 3. The van der Waals surface area contributed by atoms with Gasteiger partial charge < -0.3 is 16.4 Å². The Hall–Kier alpha value is -1.41. The molecule has 0 saturated heterocycles. The van der Waals surface area contributed by atoms with Crippen LogP contribution in [0.4, 0.5) is 17.1 Å². The van der Waals surface area contributed by atoms with Crippen molar-refractivity contribution in [3.05, 3.63) is 50.9 Å². The zero-order valence-electron chi connectivity index (χ0n) is 12.8. The number of rotatable bonds is 6. The third-order valence-electron chi connectivity index (χ3n) is 2.94. The van der Waals surface area contributed by atoms with Gasteiger partial charge in [0, 0.05) is 15.8 Å². The fourth-order valence-corrected chi connectivity index (χ4v) is 3.36. The van der Waals surface area contributed by atoms with Gasteiger partial charge in [-0.25, -0.2) is 0 Å². The first kappa shape index (κ1) is 19.9. The van der Waals surface area contributed by atoms with E-state index in [0.29, 0.717) is 11.4 Å². The smallest absolute Gasteiger partial charge is 0.234 e. The molecular weight excluding hydrogens is 449 g/mol. The summed E-state index contributed by atoms with van der Waals surface area (Å²) < 4.78 is 0.873. The minimum atomic E-state index is -0.267. The number of anilines is 3. The van der Waals surface area contributed by atoms with Crippen molar-refractivity contribution in [1.82, 2.24) is 0 Å². The molecule has 2 rings (SSSR count). The molecule has 0 atom stereocenters. The third-order valence-corrected chi connectivity index (χ3v) is 4.99. The van der Waals surface area contributed by atoms with Crippen molar-refractivity contribution in [2.45, 2.75) is 0 Å². The van der Waals surface area contributed by atoms with Crippen LogP contribution in [0.15, 0.2) is 40.9 Å². The van der Waals surface area contributed by atoms with Crippen molar-refractivity contribution >= 4 is 79.8 Å². The molecule has 0 fully saturated rings. The molecule has 0 heterocycles. The van der Waals surface area contributed by atoms with E-state index in [0.717, 1.165) is 4.47 Å². The van der Waals surface area contributed by atoms with Crippen LogP contribution >= 0.6 is 50.9 Å². The van der Waals surface area contributed by atoms with Crippen LogP contribution in [0, 0.1) is 0 Å². The Morgan fingerprint density at radius 2 is 1.56 bits per heavy atom. The summed E-state index contributed by atoms with van der Waals surface area (Å²) in [6.07, 6.45) is 0. The number of carbonyl (C=O) groups is 2. The molecule has 2 aromatic carbocycles. The zero-order chi connectivity index (χ0) is 18.4. The molecule has 9 heteroatoms. The third kappa shape index (κ3) is 6.43. The van der Waals surface area contributed by atoms with Gasteiger partial charge >= 0.3 is 0 Å². The number of thioether (sulfide) groups is 1. The second-order valence-corrected chi connectivity index (χ2v) is 7.67. The number of amides is 2. The minimum absolute atomic E-state index is 0.117. The van der Waals surface area contributed by atoms with Gasteiger partial charge in [-0.3, -0.25) is 9.59 Å². The maximum atomic E-state index is 11.9. The Bertz CT molecular complexity index is 782. The van der Waals surface area contributed by atoms with E-state index < -0.39 is 0 Å². The van der Waals surface area contributed by atoms with E-state index in [9.17, 15) is 9.59 Å². The van der Waals surface area contributed by atoms with E-state index in [1.807, 2.05) is 12.1 Å². The molecule has 5 nitrogen and oxygen atoms in total. The number of nitrogens with two attached hydrogens (primary N) is 1. The molecule has 25 heavy (non-hydrogen) atoms. The molecule has 0 aliphatic carbocycles. The second-order valence-electron chi connectivity index (χ2n) is 4.95. The Morgan fingerprint density at radius 3 is 2.12 bits per heavy atom. The van der Waals surface area contributed by atoms with Crippen LogP contribution in [0.2, 0.25) is 10.0 Å². The first-order chi connectivity index (χ1) is 11.8. The first-order valence-electron chi connectivity index (χ1n) is 7.02. The highest BCUT2D eigenvalue weighted by Crippen LogP contribution is 2.31. The topological polar surface area (TPSA) is 84.2 Å². The van der Waals surface area contributed by atoms with Crippen LogP contribution in [0.25, 0.3) is 0 Å². The molecule has 2 aromatic rings. The second kappa shape index (κ2) is 9.33. The summed E-state index contributed by atoms with van der Waals surface area (Å²) in [5, 5.41) is 5.95. The molecule has 0 aliphatic heterocycles. The lowest BCUT2D eigenvalue weighted by Crippen LogP contribution is -2.18. The largest absolute Gasteiger partial charge is 0.396 e. The lowest BCUT2D eigenvalue weighted by Gasteiger charge is -2.09. The molecular formula is C16H14BrCl2N3O2S. The fraction of sp³-hybridized carbons (Fsp3) is 0.125. The van der Waals surface area contributed by atoms with Crippen LogP contribution in [0.1, 0.15) is 0 Å². The number of nitrogen functional groups attached to an aromatic ring is 1. The number of benzene rings is 2. The fourth-order valence-electron chi connectivity index (χ4n) is 1.85. The van der Waals surface area contributed by atoms with Gasteiger partial charge in [0.2, 0.25) is 11.8 Å². The van der Waals surface area contributed by atoms with E-state index in [4.69, 9.17) is 28.9 Å². The highest BCUT2D eigenvalue weighted by molar-refractivity contribution is 9.10. The van der Waals surface area contributed by atoms with Crippen molar-refractivity contribution in [2.75, 3.05) is 27.9 Å². The zero-order valence-corrected chi connectivity index (χ0v) is 16.7. The van der Waals surface area contributed by atoms with E-state index in [-0.39, 0.29) is 39.1 Å². The monoisotopic (exact) mass is 461 g/mol. The standard InChI is InChI=1S/C16H14BrCl2N3O2S/c17-9-2-1-3-10(4-9)21-14(23)7-25-8-15(24)22-11-5-12(18)16(20)13(19)6-11/h1-6H,7-8,20H2,(H,21,23)(H,22,24). The van der Waals surface area contributed by atoms with Crippen LogP contribution in [0.5, 0.6) is 0 Å². The summed E-state index contributed by atoms with van der Waals surface area (Å²) in [5.74, 6) is -0.180. The molecule has 0 bridgehead atoms. The summed E-state index contributed by atoms with van der Waals surface area (Å²) in [6.45, 7) is 0. The molecule has 4 N–H and O–H groups in total. The Balaban J connectivity index is 1.77. The van der Waals surface area contributed by atoms with Gasteiger partial charge in [0.15, 0.2) is 0 Å². The van der Waals surface area contributed by atoms with Gasteiger partial charge in [0.25, 0.3) is 0 Å². The van der Waals surface area contributed by atoms with Crippen molar-refractivity contribution < 1.29 is 9.59 Å². The number of carbonyl (C=O) groups excluding carboxylic acids is 2. The molecule has 0 unspecified atom stereocenters. The van der Waals surface area contributed by atoms with Gasteiger partial charge in [-0.05, 0) is 30.3 Å². The SMILES string of the molecule is Nc1c(Cl)cc(NC(=O)CSCC(=O)Nc2cccc(Br)c2)cc1Cl. The predicted molar refractivity (Wildman–Crippen MR) is 110 cm³/mol. The van der Waals surface area contributed by atoms with Crippen LogP contribution in [-0.4, -0.2) is 23.3 Å². The van der Waals surface area contributed by atoms with Gasteiger partial charge in [0.05, 0.1) is 27.2 Å².